The molecular formula is C18H20O5. The second kappa shape index (κ2) is 8.08. The zero-order valence-corrected chi connectivity index (χ0v) is 13.5. The predicted molar refractivity (Wildman–Crippen MR) is 86.5 cm³/mol. The number of carbonyl (C=O) groups excluding carboxylic acids is 1. The van der Waals surface area contributed by atoms with Crippen molar-refractivity contribution < 1.29 is 23.7 Å². The van der Waals surface area contributed by atoms with Crippen LogP contribution in [0.4, 0.5) is 0 Å². The van der Waals surface area contributed by atoms with E-state index >= 15 is 0 Å². The number of hydrogen-bond donors (Lipinski definition) is 0. The molecule has 5 heteroatoms. The van der Waals surface area contributed by atoms with E-state index in [0.717, 1.165) is 11.3 Å². The standard InChI is InChI=1S/C18H20O5/c1-13-6-4-5-7-16(13)22-10-11-23-17-12-14(20-2)8-9-15(17)18(19)21-3/h4-9,12H,10-11H2,1-3H3. The van der Waals surface area contributed by atoms with Crippen LogP contribution in [0.25, 0.3) is 0 Å². The molecule has 0 aliphatic carbocycles. The van der Waals surface area contributed by atoms with Gasteiger partial charge < -0.3 is 18.9 Å². The lowest BCUT2D eigenvalue weighted by molar-refractivity contribution is 0.0595. The maximum atomic E-state index is 11.8. The minimum absolute atomic E-state index is 0.297. The summed E-state index contributed by atoms with van der Waals surface area (Å²) in [5.74, 6) is 1.37. The van der Waals surface area contributed by atoms with E-state index in [-0.39, 0.29) is 0 Å². The molecule has 0 fully saturated rings. The molecule has 5 nitrogen and oxygen atoms in total. The molecule has 2 rings (SSSR count). The monoisotopic (exact) mass is 316 g/mol. The molecule has 122 valence electrons. The third-order valence-corrected chi connectivity index (χ3v) is 3.29. The minimum atomic E-state index is -0.456. The molecule has 0 N–H and O–H groups in total. The van der Waals surface area contributed by atoms with Crippen LogP contribution in [0, 0.1) is 6.92 Å². The van der Waals surface area contributed by atoms with Crippen LogP contribution >= 0.6 is 0 Å². The van der Waals surface area contributed by atoms with Crippen molar-refractivity contribution in [1.29, 1.82) is 0 Å². The van der Waals surface area contributed by atoms with Crippen molar-refractivity contribution in [3.63, 3.8) is 0 Å². The molecule has 2 aromatic rings. The van der Waals surface area contributed by atoms with Gasteiger partial charge in [-0.05, 0) is 30.7 Å². The summed E-state index contributed by atoms with van der Waals surface area (Å²) in [6.45, 7) is 2.64. The Morgan fingerprint density at radius 1 is 0.957 bits per heavy atom. The number of rotatable bonds is 7. The highest BCUT2D eigenvalue weighted by Crippen LogP contribution is 2.25. The van der Waals surface area contributed by atoms with Gasteiger partial charge in [0.2, 0.25) is 0 Å². The van der Waals surface area contributed by atoms with Crippen LogP contribution in [0.3, 0.4) is 0 Å². The van der Waals surface area contributed by atoms with Crippen LogP contribution < -0.4 is 14.2 Å². The van der Waals surface area contributed by atoms with Gasteiger partial charge in [-0.25, -0.2) is 4.79 Å². The fourth-order valence-corrected chi connectivity index (χ4v) is 2.05. The fraction of sp³-hybridized carbons (Fsp3) is 0.278. The lowest BCUT2D eigenvalue weighted by Gasteiger charge is -2.13. The van der Waals surface area contributed by atoms with Crippen molar-refractivity contribution in [2.45, 2.75) is 6.92 Å². The number of ether oxygens (including phenoxy) is 4. The normalized spacial score (nSPS) is 10.0. The van der Waals surface area contributed by atoms with E-state index in [2.05, 4.69) is 0 Å². The van der Waals surface area contributed by atoms with Crippen molar-refractivity contribution in [2.24, 2.45) is 0 Å². The van der Waals surface area contributed by atoms with Gasteiger partial charge in [0.1, 0.15) is 36.0 Å². The summed E-state index contributed by atoms with van der Waals surface area (Å²) in [6, 6.07) is 12.7. The summed E-state index contributed by atoms with van der Waals surface area (Å²) in [7, 11) is 2.88. The van der Waals surface area contributed by atoms with E-state index in [9.17, 15) is 4.79 Å². The number of aryl methyl sites for hydroxylation is 1. The first-order valence-corrected chi connectivity index (χ1v) is 7.23. The second-order valence-electron chi connectivity index (χ2n) is 4.82. The third kappa shape index (κ3) is 4.39. The van der Waals surface area contributed by atoms with Gasteiger partial charge in [0.05, 0.1) is 14.2 Å². The molecule has 0 aromatic heterocycles. The molecule has 23 heavy (non-hydrogen) atoms. The quantitative estimate of drug-likeness (QED) is 0.580. The largest absolute Gasteiger partial charge is 0.497 e. The number of esters is 1. The smallest absolute Gasteiger partial charge is 0.341 e. The summed E-state index contributed by atoms with van der Waals surface area (Å²) in [5, 5.41) is 0. The molecule has 0 aliphatic rings. The number of para-hydroxylation sites is 1. The molecular weight excluding hydrogens is 296 g/mol. The highest BCUT2D eigenvalue weighted by molar-refractivity contribution is 5.92. The molecule has 0 unspecified atom stereocenters. The summed E-state index contributed by atoms with van der Waals surface area (Å²) in [4.78, 5) is 11.8. The number of hydrogen-bond acceptors (Lipinski definition) is 5. The second-order valence-corrected chi connectivity index (χ2v) is 4.82. The molecule has 0 radical (unpaired) electrons. The van der Waals surface area contributed by atoms with Gasteiger partial charge >= 0.3 is 5.97 Å². The van der Waals surface area contributed by atoms with Gasteiger partial charge in [-0.2, -0.15) is 0 Å². The molecule has 0 saturated heterocycles. The van der Waals surface area contributed by atoms with Crippen LogP contribution in [0.1, 0.15) is 15.9 Å². The topological polar surface area (TPSA) is 54.0 Å². The SMILES string of the molecule is COC(=O)c1ccc(OC)cc1OCCOc1ccccc1C. The van der Waals surface area contributed by atoms with Crippen molar-refractivity contribution >= 4 is 5.97 Å². The molecule has 0 atom stereocenters. The molecule has 2 aromatic carbocycles. The Morgan fingerprint density at radius 2 is 1.65 bits per heavy atom. The molecule has 0 spiro atoms. The average molecular weight is 316 g/mol. The zero-order valence-electron chi connectivity index (χ0n) is 13.5. The van der Waals surface area contributed by atoms with Crippen molar-refractivity contribution in [3.8, 4) is 17.2 Å². The Balaban J connectivity index is 1.99. The summed E-state index contributed by atoms with van der Waals surface area (Å²) in [5.41, 5.74) is 1.41. The summed E-state index contributed by atoms with van der Waals surface area (Å²) >= 11 is 0. The van der Waals surface area contributed by atoms with E-state index in [0.29, 0.717) is 30.3 Å². The summed E-state index contributed by atoms with van der Waals surface area (Å²) in [6.07, 6.45) is 0. The van der Waals surface area contributed by atoms with Gasteiger partial charge in [0, 0.05) is 6.07 Å². The van der Waals surface area contributed by atoms with Crippen LogP contribution in [-0.4, -0.2) is 33.4 Å². The zero-order chi connectivity index (χ0) is 16.7. The first kappa shape index (κ1) is 16.7. The Kier molecular flexibility index (Phi) is 5.86. The van der Waals surface area contributed by atoms with Gasteiger partial charge in [-0.1, -0.05) is 18.2 Å². The van der Waals surface area contributed by atoms with Gasteiger partial charge in [-0.3, -0.25) is 0 Å². The number of methoxy groups -OCH3 is 2. The predicted octanol–water partition coefficient (Wildman–Crippen LogP) is 3.25. The molecule has 0 amide bonds. The van der Waals surface area contributed by atoms with E-state index in [1.807, 2.05) is 31.2 Å². The minimum Gasteiger partial charge on any atom is -0.497 e. The Labute approximate surface area is 135 Å². The first-order valence-electron chi connectivity index (χ1n) is 7.23. The highest BCUT2D eigenvalue weighted by Gasteiger charge is 2.14. The maximum absolute atomic E-state index is 11.8. The van der Waals surface area contributed by atoms with Crippen LogP contribution in [0.2, 0.25) is 0 Å². The average Bonchev–Trinajstić information content (AvgIpc) is 2.59. The Bertz CT molecular complexity index is 666. The first-order chi connectivity index (χ1) is 11.2. The van der Waals surface area contributed by atoms with Gasteiger partial charge in [0.15, 0.2) is 0 Å². The van der Waals surface area contributed by atoms with Gasteiger partial charge in [-0.15, -0.1) is 0 Å². The lowest BCUT2D eigenvalue weighted by Crippen LogP contribution is -2.12. The van der Waals surface area contributed by atoms with Crippen molar-refractivity contribution in [3.05, 3.63) is 53.6 Å². The van der Waals surface area contributed by atoms with E-state index < -0.39 is 5.97 Å². The lowest BCUT2D eigenvalue weighted by atomic mass is 10.2. The number of carbonyl (C=O) groups is 1. The molecule has 0 aliphatic heterocycles. The van der Waals surface area contributed by atoms with E-state index in [1.165, 1.54) is 7.11 Å². The Hall–Kier alpha value is -2.69. The van der Waals surface area contributed by atoms with E-state index in [4.69, 9.17) is 18.9 Å². The fourth-order valence-electron chi connectivity index (χ4n) is 2.05. The van der Waals surface area contributed by atoms with E-state index in [1.54, 1.807) is 25.3 Å². The molecule has 0 heterocycles. The van der Waals surface area contributed by atoms with Crippen LogP contribution in [0.15, 0.2) is 42.5 Å². The molecule has 0 saturated carbocycles. The van der Waals surface area contributed by atoms with Gasteiger partial charge in [0.25, 0.3) is 0 Å². The molecule has 0 bridgehead atoms. The third-order valence-electron chi connectivity index (χ3n) is 3.29. The van der Waals surface area contributed by atoms with Crippen molar-refractivity contribution in [2.75, 3.05) is 27.4 Å². The maximum Gasteiger partial charge on any atom is 0.341 e. The highest BCUT2D eigenvalue weighted by atomic mass is 16.5. The van der Waals surface area contributed by atoms with Crippen LogP contribution in [0.5, 0.6) is 17.2 Å². The Morgan fingerprint density at radius 3 is 2.30 bits per heavy atom. The number of benzene rings is 2. The van der Waals surface area contributed by atoms with Crippen LogP contribution in [-0.2, 0) is 4.74 Å². The summed E-state index contributed by atoms with van der Waals surface area (Å²) < 4.78 is 21.2. The van der Waals surface area contributed by atoms with Crippen molar-refractivity contribution in [1.82, 2.24) is 0 Å².